The number of carboxylic acids is 1. The summed E-state index contributed by atoms with van der Waals surface area (Å²) in [5.74, 6) is -0.833. The number of nitrogens with zero attached hydrogens (tertiary/aromatic N) is 1. The molecular weight excluding hydrogens is 190 g/mol. The van der Waals surface area contributed by atoms with Gasteiger partial charge in [0.1, 0.15) is 0 Å². The Hall–Kier alpha value is -1.25. The highest BCUT2D eigenvalue weighted by Crippen LogP contribution is 2.02. The van der Waals surface area contributed by atoms with Gasteiger partial charge < -0.3 is 10.0 Å². The van der Waals surface area contributed by atoms with Gasteiger partial charge in [0.15, 0.2) is 0 Å². The molecular formula is C12H21NO2. The SMILES string of the molecule is CC(=O)O.CCCCCN1C=CC=CC1. The molecule has 3 nitrogen and oxygen atoms in total. The fourth-order valence-electron chi connectivity index (χ4n) is 1.24. The Labute approximate surface area is 92.1 Å². The second-order valence-electron chi connectivity index (χ2n) is 3.49. The number of rotatable bonds is 4. The molecule has 0 fully saturated rings. The van der Waals surface area contributed by atoms with Gasteiger partial charge in [0.25, 0.3) is 5.97 Å². The van der Waals surface area contributed by atoms with Gasteiger partial charge in [0.05, 0.1) is 0 Å². The van der Waals surface area contributed by atoms with Crippen LogP contribution in [-0.4, -0.2) is 29.1 Å². The molecule has 0 saturated carbocycles. The van der Waals surface area contributed by atoms with Gasteiger partial charge in [-0.05, 0) is 18.7 Å². The van der Waals surface area contributed by atoms with Gasteiger partial charge in [0, 0.05) is 20.0 Å². The van der Waals surface area contributed by atoms with E-state index in [1.54, 1.807) is 0 Å². The maximum atomic E-state index is 9.00. The normalized spacial score (nSPS) is 13.3. The summed E-state index contributed by atoms with van der Waals surface area (Å²) in [6.07, 6.45) is 12.6. The van der Waals surface area contributed by atoms with Crippen LogP contribution in [0.5, 0.6) is 0 Å². The highest BCUT2D eigenvalue weighted by molar-refractivity contribution is 5.62. The summed E-state index contributed by atoms with van der Waals surface area (Å²) in [6.45, 7) is 5.64. The average Bonchev–Trinajstić information content (AvgIpc) is 2.19. The van der Waals surface area contributed by atoms with Crippen LogP contribution in [0.4, 0.5) is 0 Å². The molecule has 1 heterocycles. The number of carbonyl (C=O) groups is 1. The van der Waals surface area contributed by atoms with E-state index in [4.69, 9.17) is 9.90 Å². The van der Waals surface area contributed by atoms with E-state index >= 15 is 0 Å². The Kier molecular flexibility index (Phi) is 8.53. The van der Waals surface area contributed by atoms with Crippen LogP contribution in [0.25, 0.3) is 0 Å². The molecule has 0 aliphatic carbocycles. The number of hydrogen-bond donors (Lipinski definition) is 1. The molecule has 1 aliphatic rings. The van der Waals surface area contributed by atoms with Gasteiger partial charge >= 0.3 is 0 Å². The van der Waals surface area contributed by atoms with E-state index in [0.29, 0.717) is 0 Å². The predicted molar refractivity (Wildman–Crippen MR) is 62.7 cm³/mol. The lowest BCUT2D eigenvalue weighted by Gasteiger charge is -2.19. The first-order valence-corrected chi connectivity index (χ1v) is 5.43. The Morgan fingerprint density at radius 3 is 2.53 bits per heavy atom. The minimum absolute atomic E-state index is 0.833. The van der Waals surface area contributed by atoms with Gasteiger partial charge in [-0.2, -0.15) is 0 Å². The van der Waals surface area contributed by atoms with Crippen LogP contribution in [0.2, 0.25) is 0 Å². The maximum absolute atomic E-state index is 9.00. The zero-order chi connectivity index (χ0) is 11.5. The first kappa shape index (κ1) is 13.8. The number of carboxylic acid groups (broad SMARTS) is 1. The third-order valence-electron chi connectivity index (χ3n) is 1.93. The molecule has 1 rings (SSSR count). The molecule has 0 unspecified atom stereocenters. The standard InChI is InChI=1S/C10H17N.C2H4O2/c1-2-3-5-8-11-9-6-4-7-10-11;1-2(3)4/h4,6-7,9H,2-3,5,8,10H2,1H3;1H3,(H,3,4). The molecule has 0 aromatic carbocycles. The second-order valence-corrected chi connectivity index (χ2v) is 3.49. The number of unbranched alkanes of at least 4 members (excludes halogenated alkanes) is 2. The van der Waals surface area contributed by atoms with Crippen LogP contribution in [0.3, 0.4) is 0 Å². The smallest absolute Gasteiger partial charge is 0.300 e. The Morgan fingerprint density at radius 1 is 1.40 bits per heavy atom. The van der Waals surface area contributed by atoms with E-state index in [-0.39, 0.29) is 0 Å². The van der Waals surface area contributed by atoms with Crippen LogP contribution < -0.4 is 0 Å². The van der Waals surface area contributed by atoms with Crippen LogP contribution in [0, 0.1) is 0 Å². The monoisotopic (exact) mass is 211 g/mol. The molecule has 0 amide bonds. The molecule has 1 N–H and O–H groups in total. The first-order valence-electron chi connectivity index (χ1n) is 5.43. The lowest BCUT2D eigenvalue weighted by molar-refractivity contribution is -0.134. The first-order chi connectivity index (χ1) is 7.16. The van der Waals surface area contributed by atoms with E-state index < -0.39 is 5.97 Å². The quantitative estimate of drug-likeness (QED) is 0.727. The minimum Gasteiger partial charge on any atom is -0.481 e. The van der Waals surface area contributed by atoms with Crippen molar-refractivity contribution >= 4 is 5.97 Å². The van der Waals surface area contributed by atoms with E-state index in [0.717, 1.165) is 13.5 Å². The molecule has 0 atom stereocenters. The number of hydrogen-bond acceptors (Lipinski definition) is 2. The zero-order valence-electron chi connectivity index (χ0n) is 9.65. The molecule has 86 valence electrons. The fraction of sp³-hybridized carbons (Fsp3) is 0.583. The highest BCUT2D eigenvalue weighted by atomic mass is 16.4. The van der Waals surface area contributed by atoms with Crippen molar-refractivity contribution in [1.82, 2.24) is 4.90 Å². The third-order valence-corrected chi connectivity index (χ3v) is 1.93. The second kappa shape index (κ2) is 9.31. The topological polar surface area (TPSA) is 40.5 Å². The third kappa shape index (κ3) is 10.7. The van der Waals surface area contributed by atoms with Crippen molar-refractivity contribution in [2.75, 3.05) is 13.1 Å². The average molecular weight is 211 g/mol. The summed E-state index contributed by atoms with van der Waals surface area (Å²) in [5.41, 5.74) is 0. The van der Waals surface area contributed by atoms with Crippen molar-refractivity contribution in [3.63, 3.8) is 0 Å². The largest absolute Gasteiger partial charge is 0.481 e. The lowest BCUT2D eigenvalue weighted by Crippen LogP contribution is -2.19. The van der Waals surface area contributed by atoms with E-state index in [2.05, 4.69) is 36.3 Å². The minimum atomic E-state index is -0.833. The molecule has 3 heteroatoms. The van der Waals surface area contributed by atoms with Gasteiger partial charge in [-0.15, -0.1) is 0 Å². The summed E-state index contributed by atoms with van der Waals surface area (Å²) in [4.78, 5) is 11.4. The molecule has 0 saturated heterocycles. The lowest BCUT2D eigenvalue weighted by atomic mass is 10.2. The molecule has 0 radical (unpaired) electrons. The van der Waals surface area contributed by atoms with Crippen LogP contribution in [0.15, 0.2) is 24.4 Å². The van der Waals surface area contributed by atoms with Crippen molar-refractivity contribution in [3.8, 4) is 0 Å². The van der Waals surface area contributed by atoms with Gasteiger partial charge in [-0.1, -0.05) is 31.9 Å². The molecule has 0 spiro atoms. The predicted octanol–water partition coefficient (Wildman–Crippen LogP) is 2.65. The molecule has 0 aromatic heterocycles. The Morgan fingerprint density at radius 2 is 2.07 bits per heavy atom. The molecule has 0 bridgehead atoms. The van der Waals surface area contributed by atoms with Gasteiger partial charge in [0.2, 0.25) is 0 Å². The summed E-state index contributed by atoms with van der Waals surface area (Å²) >= 11 is 0. The zero-order valence-corrected chi connectivity index (χ0v) is 9.65. The van der Waals surface area contributed by atoms with Crippen molar-refractivity contribution in [3.05, 3.63) is 24.4 Å². The summed E-state index contributed by atoms with van der Waals surface area (Å²) < 4.78 is 0. The van der Waals surface area contributed by atoms with Crippen LogP contribution >= 0.6 is 0 Å². The van der Waals surface area contributed by atoms with Crippen molar-refractivity contribution in [2.24, 2.45) is 0 Å². The van der Waals surface area contributed by atoms with Crippen molar-refractivity contribution < 1.29 is 9.90 Å². The Balaban J connectivity index is 0.000000423. The number of allylic oxidation sites excluding steroid dienone is 2. The van der Waals surface area contributed by atoms with Crippen LogP contribution in [-0.2, 0) is 4.79 Å². The van der Waals surface area contributed by atoms with Crippen LogP contribution in [0.1, 0.15) is 33.1 Å². The summed E-state index contributed by atoms with van der Waals surface area (Å²) in [5, 5.41) is 7.42. The van der Waals surface area contributed by atoms with Gasteiger partial charge in [-0.3, -0.25) is 4.79 Å². The van der Waals surface area contributed by atoms with E-state index in [9.17, 15) is 0 Å². The van der Waals surface area contributed by atoms with E-state index in [1.807, 2.05) is 0 Å². The maximum Gasteiger partial charge on any atom is 0.300 e. The van der Waals surface area contributed by atoms with Gasteiger partial charge in [-0.25, -0.2) is 0 Å². The van der Waals surface area contributed by atoms with Crippen molar-refractivity contribution in [1.29, 1.82) is 0 Å². The molecule has 15 heavy (non-hydrogen) atoms. The van der Waals surface area contributed by atoms with Crippen molar-refractivity contribution in [2.45, 2.75) is 33.1 Å². The number of aliphatic carboxylic acids is 1. The van der Waals surface area contributed by atoms with E-state index in [1.165, 1.54) is 25.8 Å². The highest BCUT2D eigenvalue weighted by Gasteiger charge is 1.97. The summed E-state index contributed by atoms with van der Waals surface area (Å²) in [7, 11) is 0. The molecule has 1 aliphatic heterocycles. The fourth-order valence-corrected chi connectivity index (χ4v) is 1.24. The molecule has 0 aromatic rings. The Bertz CT molecular complexity index is 218. The summed E-state index contributed by atoms with van der Waals surface area (Å²) in [6, 6.07) is 0.